The van der Waals surface area contributed by atoms with Crippen molar-refractivity contribution in [1.29, 1.82) is 0 Å². The van der Waals surface area contributed by atoms with Crippen LogP contribution in [0, 0.1) is 0 Å². The number of carbonyl (C=O) groups is 1. The molecule has 7 heteroatoms. The maximum Gasteiger partial charge on any atom is 0.342 e. The first-order valence-corrected chi connectivity index (χ1v) is 5.86. The number of benzene rings is 1. The molecular formula is C13H12N2O5. The van der Waals surface area contributed by atoms with Gasteiger partial charge in [-0.05, 0) is 19.1 Å². The fourth-order valence-electron chi connectivity index (χ4n) is 1.76. The van der Waals surface area contributed by atoms with Gasteiger partial charge in [0.15, 0.2) is 0 Å². The van der Waals surface area contributed by atoms with E-state index in [1.165, 1.54) is 6.07 Å². The molecule has 0 radical (unpaired) electrons. The third-order valence-corrected chi connectivity index (χ3v) is 2.61. The predicted octanol–water partition coefficient (Wildman–Crippen LogP) is 0.623. The molecule has 7 nitrogen and oxygen atoms in total. The van der Waals surface area contributed by atoms with Crippen LogP contribution < -0.4 is 16.0 Å². The number of carboxylic acid groups (broad SMARTS) is 1. The van der Waals surface area contributed by atoms with Crippen molar-refractivity contribution >= 4 is 5.97 Å². The van der Waals surface area contributed by atoms with Gasteiger partial charge in [0.25, 0.3) is 5.56 Å². The second kappa shape index (κ2) is 5.43. The SMILES string of the molecule is CCOc1ccccc1-n1c(=O)[nH]cc(C(=O)O)c1=O. The second-order valence-corrected chi connectivity index (χ2v) is 3.85. The van der Waals surface area contributed by atoms with Crippen molar-refractivity contribution in [2.45, 2.75) is 6.92 Å². The molecule has 2 N–H and O–H groups in total. The van der Waals surface area contributed by atoms with Crippen molar-refractivity contribution in [3.63, 3.8) is 0 Å². The number of aromatic nitrogens is 2. The molecule has 1 heterocycles. The zero-order valence-electron chi connectivity index (χ0n) is 10.6. The summed E-state index contributed by atoms with van der Waals surface area (Å²) in [6.45, 7) is 2.11. The van der Waals surface area contributed by atoms with E-state index in [-0.39, 0.29) is 5.69 Å². The molecule has 0 aliphatic rings. The Labute approximate surface area is 113 Å². The first-order chi connectivity index (χ1) is 9.56. The van der Waals surface area contributed by atoms with Gasteiger partial charge in [-0.25, -0.2) is 14.2 Å². The van der Waals surface area contributed by atoms with Gasteiger partial charge in [0.2, 0.25) is 0 Å². The quantitative estimate of drug-likeness (QED) is 0.852. The smallest absolute Gasteiger partial charge is 0.342 e. The Morgan fingerprint density at radius 3 is 2.70 bits per heavy atom. The lowest BCUT2D eigenvalue weighted by Crippen LogP contribution is -2.37. The van der Waals surface area contributed by atoms with E-state index in [1.54, 1.807) is 25.1 Å². The zero-order valence-corrected chi connectivity index (χ0v) is 10.6. The summed E-state index contributed by atoms with van der Waals surface area (Å²) in [5.74, 6) is -1.08. The summed E-state index contributed by atoms with van der Waals surface area (Å²) in [4.78, 5) is 37.1. The van der Waals surface area contributed by atoms with E-state index in [0.29, 0.717) is 12.4 Å². The van der Waals surface area contributed by atoms with Crippen LogP contribution in [-0.4, -0.2) is 27.2 Å². The molecule has 2 rings (SSSR count). The van der Waals surface area contributed by atoms with Crippen molar-refractivity contribution in [2.24, 2.45) is 0 Å². The average Bonchev–Trinajstić information content (AvgIpc) is 2.40. The fourth-order valence-corrected chi connectivity index (χ4v) is 1.76. The lowest BCUT2D eigenvalue weighted by atomic mass is 10.2. The van der Waals surface area contributed by atoms with E-state index in [4.69, 9.17) is 9.84 Å². The Hall–Kier alpha value is -2.83. The van der Waals surface area contributed by atoms with Crippen molar-refractivity contribution in [3.05, 3.63) is 56.9 Å². The van der Waals surface area contributed by atoms with Crippen LogP contribution in [0.25, 0.3) is 5.69 Å². The van der Waals surface area contributed by atoms with Crippen LogP contribution in [-0.2, 0) is 0 Å². The van der Waals surface area contributed by atoms with Crippen LogP contribution in [0.3, 0.4) is 0 Å². The Kier molecular flexibility index (Phi) is 3.69. The molecule has 0 bridgehead atoms. The zero-order chi connectivity index (χ0) is 14.7. The molecule has 2 aromatic rings. The highest BCUT2D eigenvalue weighted by Crippen LogP contribution is 2.19. The van der Waals surface area contributed by atoms with Gasteiger partial charge >= 0.3 is 11.7 Å². The van der Waals surface area contributed by atoms with E-state index >= 15 is 0 Å². The molecule has 0 spiro atoms. The summed E-state index contributed by atoms with van der Waals surface area (Å²) >= 11 is 0. The first-order valence-electron chi connectivity index (χ1n) is 5.86. The van der Waals surface area contributed by atoms with E-state index in [2.05, 4.69) is 4.98 Å². The van der Waals surface area contributed by atoms with Gasteiger partial charge in [-0.2, -0.15) is 0 Å². The van der Waals surface area contributed by atoms with E-state index in [0.717, 1.165) is 10.8 Å². The highest BCUT2D eigenvalue weighted by atomic mass is 16.5. The molecule has 0 fully saturated rings. The van der Waals surface area contributed by atoms with Crippen LogP contribution in [0.5, 0.6) is 5.75 Å². The molecule has 0 aliphatic heterocycles. The summed E-state index contributed by atoms with van der Waals surface area (Å²) < 4.78 is 6.09. The predicted molar refractivity (Wildman–Crippen MR) is 70.8 cm³/mol. The monoisotopic (exact) mass is 276 g/mol. The van der Waals surface area contributed by atoms with Crippen LogP contribution in [0.1, 0.15) is 17.3 Å². The number of hydrogen-bond acceptors (Lipinski definition) is 4. The Bertz CT molecular complexity index is 760. The molecule has 1 aromatic heterocycles. The molecule has 0 aliphatic carbocycles. The van der Waals surface area contributed by atoms with Crippen molar-refractivity contribution in [3.8, 4) is 11.4 Å². The Balaban J connectivity index is 2.76. The largest absolute Gasteiger partial charge is 0.492 e. The van der Waals surface area contributed by atoms with E-state index in [1.807, 2.05) is 0 Å². The lowest BCUT2D eigenvalue weighted by Gasteiger charge is -2.11. The average molecular weight is 276 g/mol. The topological polar surface area (TPSA) is 101 Å². The molecule has 0 amide bonds. The normalized spacial score (nSPS) is 10.2. The third-order valence-electron chi connectivity index (χ3n) is 2.61. The number of ether oxygens (including phenoxy) is 1. The minimum absolute atomic E-state index is 0.198. The summed E-state index contributed by atoms with van der Waals surface area (Å²) in [5.41, 5.74) is -1.96. The van der Waals surface area contributed by atoms with E-state index < -0.39 is 22.8 Å². The molecule has 1 aromatic carbocycles. The minimum Gasteiger partial charge on any atom is -0.492 e. The minimum atomic E-state index is -1.41. The number of carboxylic acids is 1. The van der Waals surface area contributed by atoms with Gasteiger partial charge in [0.1, 0.15) is 11.3 Å². The van der Waals surface area contributed by atoms with Gasteiger partial charge in [0, 0.05) is 6.20 Å². The number of nitrogens with zero attached hydrogens (tertiary/aromatic N) is 1. The molecule has 0 atom stereocenters. The number of H-pyrrole nitrogens is 1. The highest BCUT2D eigenvalue weighted by molar-refractivity contribution is 5.86. The summed E-state index contributed by atoms with van der Waals surface area (Å²) in [6.07, 6.45) is 0.882. The molecule has 0 unspecified atom stereocenters. The van der Waals surface area contributed by atoms with Crippen LogP contribution in [0.2, 0.25) is 0 Å². The first kappa shape index (κ1) is 13.6. The molecule has 20 heavy (non-hydrogen) atoms. The van der Waals surface area contributed by atoms with Crippen molar-refractivity contribution < 1.29 is 14.6 Å². The molecule has 104 valence electrons. The summed E-state index contributed by atoms with van der Waals surface area (Å²) in [5, 5.41) is 8.93. The van der Waals surface area contributed by atoms with Gasteiger partial charge in [-0.1, -0.05) is 12.1 Å². The Morgan fingerprint density at radius 1 is 1.35 bits per heavy atom. The lowest BCUT2D eigenvalue weighted by molar-refractivity contribution is 0.0694. The van der Waals surface area contributed by atoms with Gasteiger partial charge < -0.3 is 14.8 Å². The fraction of sp³-hybridized carbons (Fsp3) is 0.154. The maximum absolute atomic E-state index is 12.1. The standard InChI is InChI=1S/C13H12N2O5/c1-2-20-10-6-4-3-5-9(10)15-11(16)8(12(17)18)7-14-13(15)19/h3-7H,2H2,1H3,(H,14,19)(H,17,18). The van der Waals surface area contributed by atoms with Crippen LogP contribution >= 0.6 is 0 Å². The van der Waals surface area contributed by atoms with Crippen molar-refractivity contribution in [1.82, 2.24) is 9.55 Å². The van der Waals surface area contributed by atoms with Gasteiger partial charge in [-0.3, -0.25) is 4.79 Å². The number of hydrogen-bond donors (Lipinski definition) is 2. The van der Waals surface area contributed by atoms with Crippen LogP contribution in [0.15, 0.2) is 40.1 Å². The number of aromatic carboxylic acids is 1. The van der Waals surface area contributed by atoms with Crippen LogP contribution in [0.4, 0.5) is 0 Å². The summed E-state index contributed by atoms with van der Waals surface area (Å²) in [7, 11) is 0. The molecular weight excluding hydrogens is 264 g/mol. The van der Waals surface area contributed by atoms with E-state index in [9.17, 15) is 14.4 Å². The third kappa shape index (κ3) is 2.33. The van der Waals surface area contributed by atoms with Gasteiger partial charge in [0.05, 0.1) is 12.3 Å². The van der Waals surface area contributed by atoms with Gasteiger partial charge in [-0.15, -0.1) is 0 Å². The number of aromatic amines is 1. The molecule has 0 saturated carbocycles. The summed E-state index contributed by atoms with van der Waals surface area (Å²) in [6, 6.07) is 6.41. The number of nitrogens with one attached hydrogen (secondary N) is 1. The highest BCUT2D eigenvalue weighted by Gasteiger charge is 2.16. The Morgan fingerprint density at radius 2 is 2.05 bits per heavy atom. The number of rotatable bonds is 4. The number of para-hydroxylation sites is 2. The second-order valence-electron chi connectivity index (χ2n) is 3.85. The van der Waals surface area contributed by atoms with Crippen molar-refractivity contribution in [2.75, 3.05) is 6.61 Å². The molecule has 0 saturated heterocycles. The maximum atomic E-state index is 12.1.